The molecule has 12 heavy (non-hydrogen) atoms. The summed E-state index contributed by atoms with van der Waals surface area (Å²) in [6, 6.07) is 0. The third-order valence-electron chi connectivity index (χ3n) is 1.53. The van der Waals surface area contributed by atoms with Crippen LogP contribution in [0.25, 0.3) is 0 Å². The normalized spacial score (nSPS) is 13.2. The first-order valence-corrected chi connectivity index (χ1v) is 4.58. The van der Waals surface area contributed by atoms with Crippen LogP contribution in [0.3, 0.4) is 0 Å². The Hall–Kier alpha value is -0.160. The molecule has 0 saturated heterocycles. The zero-order valence-corrected chi connectivity index (χ0v) is 8.01. The van der Waals surface area contributed by atoms with Gasteiger partial charge in [0.05, 0.1) is 6.61 Å². The molecule has 0 bridgehead atoms. The summed E-state index contributed by atoms with van der Waals surface area (Å²) >= 11 is 0. The molecule has 0 saturated carbocycles. The van der Waals surface area contributed by atoms with Gasteiger partial charge in [-0.1, -0.05) is 26.7 Å². The molecule has 0 aliphatic rings. The summed E-state index contributed by atoms with van der Waals surface area (Å²) in [5.74, 6) is 5.03. The molecule has 0 aliphatic carbocycles. The summed E-state index contributed by atoms with van der Waals surface area (Å²) in [5, 5.41) is 0. The SMILES string of the molecule is CCCCONC(CCC)ON. The average molecular weight is 176 g/mol. The Bertz CT molecular complexity index is 91.1. The van der Waals surface area contributed by atoms with Gasteiger partial charge in [0.15, 0.2) is 6.23 Å². The number of rotatable bonds is 8. The van der Waals surface area contributed by atoms with Gasteiger partial charge < -0.3 is 0 Å². The predicted molar refractivity (Wildman–Crippen MR) is 48.0 cm³/mol. The molecule has 4 nitrogen and oxygen atoms in total. The summed E-state index contributed by atoms with van der Waals surface area (Å²) in [7, 11) is 0. The van der Waals surface area contributed by atoms with E-state index >= 15 is 0 Å². The highest BCUT2D eigenvalue weighted by atomic mass is 16.7. The Morgan fingerprint density at radius 1 is 1.33 bits per heavy atom. The molecule has 0 heterocycles. The third kappa shape index (κ3) is 6.54. The van der Waals surface area contributed by atoms with Gasteiger partial charge >= 0.3 is 0 Å². The number of nitrogens with two attached hydrogens (primary N) is 1. The van der Waals surface area contributed by atoms with Gasteiger partial charge in [0.25, 0.3) is 0 Å². The Kier molecular flexibility index (Phi) is 8.81. The first-order chi connectivity index (χ1) is 5.85. The first-order valence-electron chi connectivity index (χ1n) is 4.58. The van der Waals surface area contributed by atoms with Crippen LogP contribution in [0.15, 0.2) is 0 Å². The molecule has 0 aromatic carbocycles. The van der Waals surface area contributed by atoms with E-state index in [1.54, 1.807) is 0 Å². The maximum absolute atomic E-state index is 5.12. The minimum atomic E-state index is -0.174. The van der Waals surface area contributed by atoms with Gasteiger partial charge in [-0.3, -0.25) is 9.68 Å². The van der Waals surface area contributed by atoms with Crippen molar-refractivity contribution < 1.29 is 9.68 Å². The van der Waals surface area contributed by atoms with Gasteiger partial charge in [-0.2, -0.15) is 5.48 Å². The zero-order chi connectivity index (χ0) is 9.23. The maximum atomic E-state index is 5.12. The lowest BCUT2D eigenvalue weighted by molar-refractivity contribution is -0.0961. The highest BCUT2D eigenvalue weighted by Crippen LogP contribution is 1.95. The number of hydroxylamine groups is 1. The molecule has 74 valence electrons. The standard InChI is InChI=1S/C8H20N2O2/c1-3-5-7-11-10-8(12-9)6-4-2/h8,10H,3-7,9H2,1-2H3. The molecule has 1 atom stereocenters. The highest BCUT2D eigenvalue weighted by molar-refractivity contribution is 4.44. The van der Waals surface area contributed by atoms with Crippen molar-refractivity contribution in [2.24, 2.45) is 5.90 Å². The number of hydrogen-bond donors (Lipinski definition) is 2. The van der Waals surface area contributed by atoms with E-state index in [9.17, 15) is 0 Å². The second kappa shape index (κ2) is 8.93. The summed E-state index contributed by atoms with van der Waals surface area (Å²) in [6.07, 6.45) is 3.89. The Morgan fingerprint density at radius 3 is 2.58 bits per heavy atom. The van der Waals surface area contributed by atoms with Gasteiger partial charge in [0.1, 0.15) is 0 Å². The van der Waals surface area contributed by atoms with Crippen molar-refractivity contribution >= 4 is 0 Å². The van der Waals surface area contributed by atoms with Gasteiger partial charge in [-0.25, -0.2) is 5.90 Å². The molecule has 1 unspecified atom stereocenters. The van der Waals surface area contributed by atoms with Crippen LogP contribution in [0.1, 0.15) is 39.5 Å². The summed E-state index contributed by atoms with van der Waals surface area (Å²) in [4.78, 5) is 9.76. The van der Waals surface area contributed by atoms with E-state index in [1.165, 1.54) is 0 Å². The van der Waals surface area contributed by atoms with Gasteiger partial charge in [-0.15, -0.1) is 0 Å². The molecule has 0 spiro atoms. The number of unbranched alkanes of at least 4 members (excludes halogenated alkanes) is 1. The zero-order valence-electron chi connectivity index (χ0n) is 8.01. The second-order valence-corrected chi connectivity index (χ2v) is 2.73. The van der Waals surface area contributed by atoms with E-state index < -0.39 is 0 Å². The van der Waals surface area contributed by atoms with Gasteiger partial charge in [0, 0.05) is 0 Å². The molecule has 0 aliphatic heterocycles. The smallest absolute Gasteiger partial charge is 0.151 e. The van der Waals surface area contributed by atoms with Crippen molar-refractivity contribution in [1.82, 2.24) is 5.48 Å². The molecule has 4 heteroatoms. The predicted octanol–water partition coefficient (Wildman–Crippen LogP) is 1.32. The Labute approximate surface area is 74.3 Å². The lowest BCUT2D eigenvalue weighted by Gasteiger charge is -2.14. The number of nitrogens with one attached hydrogen (secondary N) is 1. The largest absolute Gasteiger partial charge is 0.299 e. The van der Waals surface area contributed by atoms with Crippen molar-refractivity contribution in [2.75, 3.05) is 6.61 Å². The van der Waals surface area contributed by atoms with Crippen molar-refractivity contribution in [2.45, 2.75) is 45.8 Å². The molecular formula is C8H20N2O2. The van der Waals surface area contributed by atoms with Crippen LogP contribution in [0.4, 0.5) is 0 Å². The fourth-order valence-electron chi connectivity index (χ4n) is 0.785. The van der Waals surface area contributed by atoms with E-state index in [1.807, 2.05) is 0 Å². The summed E-state index contributed by atoms with van der Waals surface area (Å²) in [5.41, 5.74) is 2.76. The van der Waals surface area contributed by atoms with E-state index in [0.717, 1.165) is 25.7 Å². The minimum absolute atomic E-state index is 0.174. The van der Waals surface area contributed by atoms with Crippen LogP contribution >= 0.6 is 0 Å². The fourth-order valence-corrected chi connectivity index (χ4v) is 0.785. The topological polar surface area (TPSA) is 56.5 Å². The molecule has 3 N–H and O–H groups in total. The maximum Gasteiger partial charge on any atom is 0.151 e. The van der Waals surface area contributed by atoms with Crippen molar-refractivity contribution in [3.8, 4) is 0 Å². The summed E-state index contributed by atoms with van der Waals surface area (Å²) < 4.78 is 0. The summed E-state index contributed by atoms with van der Waals surface area (Å²) in [6.45, 7) is 4.89. The van der Waals surface area contributed by atoms with Crippen molar-refractivity contribution in [3.05, 3.63) is 0 Å². The molecule has 0 fully saturated rings. The van der Waals surface area contributed by atoms with E-state index in [4.69, 9.17) is 10.7 Å². The van der Waals surface area contributed by atoms with Gasteiger partial charge in [-0.05, 0) is 12.8 Å². The Morgan fingerprint density at radius 2 is 2.08 bits per heavy atom. The molecular weight excluding hydrogens is 156 g/mol. The van der Waals surface area contributed by atoms with Crippen LogP contribution in [0.2, 0.25) is 0 Å². The molecule has 0 aromatic rings. The number of hydrogen-bond acceptors (Lipinski definition) is 4. The first kappa shape index (κ1) is 11.8. The van der Waals surface area contributed by atoms with E-state index in [-0.39, 0.29) is 6.23 Å². The minimum Gasteiger partial charge on any atom is -0.299 e. The van der Waals surface area contributed by atoms with E-state index in [0.29, 0.717) is 6.61 Å². The lowest BCUT2D eigenvalue weighted by Crippen LogP contribution is -2.34. The average Bonchev–Trinajstić information content (AvgIpc) is 2.10. The van der Waals surface area contributed by atoms with Crippen molar-refractivity contribution in [1.29, 1.82) is 0 Å². The second-order valence-electron chi connectivity index (χ2n) is 2.73. The van der Waals surface area contributed by atoms with Gasteiger partial charge in [0.2, 0.25) is 0 Å². The van der Waals surface area contributed by atoms with E-state index in [2.05, 4.69) is 24.2 Å². The van der Waals surface area contributed by atoms with Crippen LogP contribution in [0, 0.1) is 0 Å². The monoisotopic (exact) mass is 176 g/mol. The molecule has 0 aromatic heterocycles. The van der Waals surface area contributed by atoms with Crippen LogP contribution in [-0.4, -0.2) is 12.8 Å². The molecule has 0 radical (unpaired) electrons. The Balaban J connectivity index is 3.19. The highest BCUT2D eigenvalue weighted by Gasteiger charge is 2.04. The van der Waals surface area contributed by atoms with Crippen LogP contribution in [0.5, 0.6) is 0 Å². The fraction of sp³-hybridized carbons (Fsp3) is 1.00. The molecule has 0 amide bonds. The van der Waals surface area contributed by atoms with Crippen LogP contribution < -0.4 is 11.4 Å². The lowest BCUT2D eigenvalue weighted by atomic mass is 10.3. The van der Waals surface area contributed by atoms with Crippen molar-refractivity contribution in [3.63, 3.8) is 0 Å². The third-order valence-corrected chi connectivity index (χ3v) is 1.53. The van der Waals surface area contributed by atoms with Crippen LogP contribution in [-0.2, 0) is 9.68 Å². The quantitative estimate of drug-likeness (QED) is 0.333. The molecule has 0 rings (SSSR count).